The molecule has 1 aromatic rings. The molecule has 1 aromatic heterocycles. The van der Waals surface area contributed by atoms with Gasteiger partial charge in [0.2, 0.25) is 0 Å². The Morgan fingerprint density at radius 1 is 1.80 bits per heavy atom. The number of aromatic amines is 1. The van der Waals surface area contributed by atoms with Crippen LogP contribution in [0.2, 0.25) is 0 Å². The predicted molar refractivity (Wildman–Crippen MR) is 34.2 cm³/mol. The molecule has 0 aromatic carbocycles. The minimum atomic E-state index is -0.717. The van der Waals surface area contributed by atoms with Gasteiger partial charge in [0.25, 0.3) is 5.24 Å². The van der Waals surface area contributed by atoms with E-state index < -0.39 is 5.24 Å². The van der Waals surface area contributed by atoms with E-state index in [2.05, 4.69) is 15.4 Å². The molecule has 0 spiro atoms. The molecule has 0 atom stereocenters. The van der Waals surface area contributed by atoms with Crippen LogP contribution in [0.25, 0.3) is 0 Å². The van der Waals surface area contributed by atoms with E-state index in [9.17, 15) is 9.70 Å². The molecule has 0 aliphatic rings. The van der Waals surface area contributed by atoms with Crippen LogP contribution in [0.4, 0.5) is 5.82 Å². The minimum absolute atomic E-state index is 0.00346. The summed E-state index contributed by atoms with van der Waals surface area (Å²) in [5, 5.41) is 7.37. The Hall–Kier alpha value is -1.23. The molecular weight excluding hydrogens is 158 g/mol. The molecule has 0 aliphatic carbocycles. The van der Waals surface area contributed by atoms with Crippen molar-refractivity contribution in [3.8, 4) is 0 Å². The Labute approximate surface area is 60.4 Å². The quantitative estimate of drug-likeness (QED) is 0.520. The molecule has 5 nitrogen and oxygen atoms in total. The molecule has 0 saturated heterocycles. The number of H-pyrrole nitrogens is 1. The van der Waals surface area contributed by atoms with E-state index in [0.29, 0.717) is 0 Å². The number of rotatable bonds is 2. The van der Waals surface area contributed by atoms with Gasteiger partial charge in [-0.1, -0.05) is 0 Å². The lowest BCUT2D eigenvalue weighted by Crippen LogP contribution is -1.86. The van der Waals surface area contributed by atoms with Crippen molar-refractivity contribution in [3.05, 3.63) is 16.7 Å². The molecule has 0 bridgehead atoms. The van der Waals surface area contributed by atoms with E-state index in [1.54, 1.807) is 0 Å². The van der Waals surface area contributed by atoms with Crippen molar-refractivity contribution in [1.29, 1.82) is 0 Å². The van der Waals surface area contributed by atoms with Gasteiger partial charge >= 0.3 is 0 Å². The molecule has 0 unspecified atom stereocenters. The highest BCUT2D eigenvalue weighted by atomic mass is 35.5. The fourth-order valence-electron chi connectivity index (χ4n) is 0.459. The number of carbonyl (C=O) groups is 1. The Kier molecular flexibility index (Phi) is 1.77. The molecule has 0 aliphatic heterocycles. The third kappa shape index (κ3) is 1.19. The third-order valence-electron chi connectivity index (χ3n) is 0.864. The van der Waals surface area contributed by atoms with Crippen LogP contribution in [0.5, 0.6) is 0 Å². The molecule has 1 heterocycles. The standard InChI is InChI=1S/C4H2ClN3O2/c5-4(9)2-1-3(8-10)7-6-2/h1H,(H,6,7). The summed E-state index contributed by atoms with van der Waals surface area (Å²) in [6, 6.07) is 1.17. The van der Waals surface area contributed by atoms with Gasteiger partial charge in [-0.15, -0.1) is 4.91 Å². The maximum absolute atomic E-state index is 10.3. The number of carbonyl (C=O) groups excluding carboxylic acids is 1. The molecule has 1 rings (SSSR count). The van der Waals surface area contributed by atoms with Gasteiger partial charge in [0.05, 0.1) is 0 Å². The third-order valence-corrected chi connectivity index (χ3v) is 1.06. The lowest BCUT2D eigenvalue weighted by Gasteiger charge is -1.75. The zero-order valence-electron chi connectivity index (χ0n) is 4.67. The van der Waals surface area contributed by atoms with Crippen LogP contribution in [0.15, 0.2) is 11.2 Å². The van der Waals surface area contributed by atoms with Gasteiger partial charge in [-0.25, -0.2) is 0 Å². The first-order chi connectivity index (χ1) is 4.74. The number of hydrogen-bond acceptors (Lipinski definition) is 4. The molecule has 1 N–H and O–H groups in total. The van der Waals surface area contributed by atoms with E-state index >= 15 is 0 Å². The normalized spacial score (nSPS) is 9.30. The summed E-state index contributed by atoms with van der Waals surface area (Å²) in [5.74, 6) is -0.0102. The van der Waals surface area contributed by atoms with E-state index in [0.717, 1.165) is 0 Å². The number of aromatic nitrogens is 2. The fraction of sp³-hybridized carbons (Fsp3) is 0. The lowest BCUT2D eigenvalue weighted by atomic mass is 10.5. The van der Waals surface area contributed by atoms with Crippen molar-refractivity contribution in [2.75, 3.05) is 0 Å². The average molecular weight is 160 g/mol. The highest BCUT2D eigenvalue weighted by molar-refractivity contribution is 6.67. The monoisotopic (exact) mass is 159 g/mol. The lowest BCUT2D eigenvalue weighted by molar-refractivity contribution is 0.107. The highest BCUT2D eigenvalue weighted by Crippen LogP contribution is 2.09. The van der Waals surface area contributed by atoms with Crippen LogP contribution in [-0.2, 0) is 0 Å². The highest BCUT2D eigenvalue weighted by Gasteiger charge is 2.06. The van der Waals surface area contributed by atoms with Crippen LogP contribution in [-0.4, -0.2) is 15.4 Å². The van der Waals surface area contributed by atoms with E-state index in [4.69, 9.17) is 11.6 Å². The molecular formula is C4H2ClN3O2. The second-order valence-electron chi connectivity index (χ2n) is 1.50. The Morgan fingerprint density at radius 3 is 2.80 bits per heavy atom. The first kappa shape index (κ1) is 6.88. The number of nitrogens with zero attached hydrogens (tertiary/aromatic N) is 2. The summed E-state index contributed by atoms with van der Waals surface area (Å²) in [6.45, 7) is 0. The van der Waals surface area contributed by atoms with Gasteiger partial charge in [0, 0.05) is 6.07 Å². The largest absolute Gasteiger partial charge is 0.274 e. The van der Waals surface area contributed by atoms with E-state index in [-0.39, 0.29) is 11.5 Å². The van der Waals surface area contributed by atoms with Crippen LogP contribution in [0.1, 0.15) is 10.5 Å². The van der Waals surface area contributed by atoms with Crippen molar-refractivity contribution in [1.82, 2.24) is 10.2 Å². The Balaban J connectivity index is 2.98. The van der Waals surface area contributed by atoms with Gasteiger partial charge in [-0.3, -0.25) is 9.89 Å². The maximum Gasteiger partial charge on any atom is 0.272 e. The van der Waals surface area contributed by atoms with Gasteiger partial charge in [-0.05, 0) is 16.8 Å². The summed E-state index contributed by atoms with van der Waals surface area (Å²) in [4.78, 5) is 20.1. The predicted octanol–water partition coefficient (Wildman–Crippen LogP) is 1.19. The first-order valence-corrected chi connectivity index (χ1v) is 2.70. The zero-order chi connectivity index (χ0) is 7.56. The summed E-state index contributed by atoms with van der Waals surface area (Å²) in [6.07, 6.45) is 0. The number of halogens is 1. The van der Waals surface area contributed by atoms with Crippen molar-refractivity contribution >= 4 is 22.7 Å². The molecule has 0 radical (unpaired) electrons. The van der Waals surface area contributed by atoms with Crippen LogP contribution >= 0.6 is 11.6 Å². The molecule has 52 valence electrons. The second kappa shape index (κ2) is 2.57. The van der Waals surface area contributed by atoms with Gasteiger partial charge < -0.3 is 0 Å². The minimum Gasteiger partial charge on any atom is -0.274 e. The maximum atomic E-state index is 10.3. The fourth-order valence-corrected chi connectivity index (χ4v) is 0.556. The number of nitrogens with one attached hydrogen (secondary N) is 1. The van der Waals surface area contributed by atoms with Crippen molar-refractivity contribution in [3.63, 3.8) is 0 Å². The SMILES string of the molecule is O=Nc1cc(C(=O)Cl)n[nH]1. The zero-order valence-corrected chi connectivity index (χ0v) is 5.42. The summed E-state index contributed by atoms with van der Waals surface area (Å²) < 4.78 is 0. The average Bonchev–Trinajstić information content (AvgIpc) is 2.34. The Morgan fingerprint density at radius 2 is 2.50 bits per heavy atom. The second-order valence-corrected chi connectivity index (χ2v) is 1.85. The number of hydrogen-bond donors (Lipinski definition) is 1. The molecule has 0 fully saturated rings. The van der Waals surface area contributed by atoms with Crippen LogP contribution < -0.4 is 0 Å². The van der Waals surface area contributed by atoms with Crippen molar-refractivity contribution < 1.29 is 4.79 Å². The van der Waals surface area contributed by atoms with Crippen LogP contribution in [0.3, 0.4) is 0 Å². The first-order valence-electron chi connectivity index (χ1n) is 2.32. The summed E-state index contributed by atoms with van der Waals surface area (Å²) >= 11 is 5.01. The van der Waals surface area contributed by atoms with Gasteiger partial charge in [-0.2, -0.15) is 5.10 Å². The summed E-state index contributed by atoms with van der Waals surface area (Å²) in [5.41, 5.74) is -0.00346. The molecule has 0 amide bonds. The molecule has 6 heteroatoms. The van der Waals surface area contributed by atoms with Crippen LogP contribution in [0, 0.1) is 4.91 Å². The Bertz CT molecular complexity index is 269. The molecule has 10 heavy (non-hydrogen) atoms. The van der Waals surface area contributed by atoms with Gasteiger partial charge in [0.15, 0.2) is 5.82 Å². The molecule has 0 saturated carbocycles. The van der Waals surface area contributed by atoms with Gasteiger partial charge in [0.1, 0.15) is 5.69 Å². The topological polar surface area (TPSA) is 75.2 Å². The van der Waals surface area contributed by atoms with E-state index in [1.807, 2.05) is 0 Å². The number of nitroso groups, excluding NO2 is 1. The smallest absolute Gasteiger partial charge is 0.272 e. The summed E-state index contributed by atoms with van der Waals surface area (Å²) in [7, 11) is 0. The van der Waals surface area contributed by atoms with Crippen molar-refractivity contribution in [2.45, 2.75) is 0 Å². The van der Waals surface area contributed by atoms with E-state index in [1.165, 1.54) is 6.07 Å². The van der Waals surface area contributed by atoms with Crippen molar-refractivity contribution in [2.24, 2.45) is 5.18 Å².